The van der Waals surface area contributed by atoms with Crippen molar-refractivity contribution in [2.75, 3.05) is 20.2 Å². The number of methoxy groups -OCH3 is 1. The minimum absolute atomic E-state index is 0.196. The molecule has 2 aromatic carbocycles. The van der Waals surface area contributed by atoms with Crippen molar-refractivity contribution in [2.45, 2.75) is 38.4 Å². The lowest BCUT2D eigenvalue weighted by Crippen LogP contribution is -2.33. The Labute approximate surface area is 194 Å². The van der Waals surface area contributed by atoms with Crippen LogP contribution in [-0.2, 0) is 24.4 Å². The van der Waals surface area contributed by atoms with Crippen LogP contribution in [0.1, 0.15) is 41.1 Å². The number of carbonyl (C=O) groups excluding carboxylic acids is 1. The zero-order valence-corrected chi connectivity index (χ0v) is 19.0. The average Bonchev–Trinajstić information content (AvgIpc) is 2.86. The Kier molecular flexibility index (Phi) is 7.68. The summed E-state index contributed by atoms with van der Waals surface area (Å²) < 4.78 is 18.2. The monoisotopic (exact) mass is 447 g/mol. The second-order valence-corrected chi connectivity index (χ2v) is 8.52. The molecular formula is C27H30FN3O2. The molecule has 172 valence electrons. The van der Waals surface area contributed by atoms with E-state index in [1.54, 1.807) is 11.1 Å². The van der Waals surface area contributed by atoms with E-state index in [1.165, 1.54) is 24.8 Å². The van der Waals surface area contributed by atoms with E-state index >= 15 is 0 Å². The molecule has 0 radical (unpaired) electrons. The first-order valence-electron chi connectivity index (χ1n) is 11.4. The lowest BCUT2D eigenvalue weighted by Gasteiger charge is -2.33. The minimum Gasteiger partial charge on any atom is -0.453 e. The lowest BCUT2D eigenvalue weighted by atomic mass is 9.86. The van der Waals surface area contributed by atoms with Crippen molar-refractivity contribution in [1.29, 1.82) is 0 Å². The summed E-state index contributed by atoms with van der Waals surface area (Å²) in [4.78, 5) is 21.0. The number of ether oxygens (including phenoxy) is 1. The van der Waals surface area contributed by atoms with Gasteiger partial charge in [-0.2, -0.15) is 0 Å². The van der Waals surface area contributed by atoms with Crippen molar-refractivity contribution in [3.8, 4) is 0 Å². The fraction of sp³-hybridized carbons (Fsp3) is 0.333. The highest BCUT2D eigenvalue weighted by Gasteiger charge is 2.24. The normalized spacial score (nSPS) is 14.7. The van der Waals surface area contributed by atoms with Gasteiger partial charge in [0.15, 0.2) is 0 Å². The molecule has 6 heteroatoms. The first-order valence-corrected chi connectivity index (χ1v) is 11.4. The molecule has 0 atom stereocenters. The molecular weight excluding hydrogens is 417 g/mol. The van der Waals surface area contributed by atoms with Gasteiger partial charge in [0.1, 0.15) is 5.82 Å². The average molecular weight is 448 g/mol. The molecule has 1 amide bonds. The summed E-state index contributed by atoms with van der Waals surface area (Å²) >= 11 is 0. The zero-order chi connectivity index (χ0) is 23.0. The zero-order valence-electron chi connectivity index (χ0n) is 19.0. The Hall–Kier alpha value is -3.25. The van der Waals surface area contributed by atoms with Crippen LogP contribution in [0, 0.1) is 5.82 Å². The summed E-state index contributed by atoms with van der Waals surface area (Å²) in [5, 5.41) is 0. The number of hydrogen-bond donors (Lipinski definition) is 0. The topological polar surface area (TPSA) is 45.7 Å². The number of nitrogens with zero attached hydrogens (tertiary/aromatic N) is 3. The van der Waals surface area contributed by atoms with Crippen LogP contribution in [0.4, 0.5) is 9.18 Å². The van der Waals surface area contributed by atoms with Gasteiger partial charge < -0.3 is 4.74 Å². The van der Waals surface area contributed by atoms with Crippen LogP contribution in [0.2, 0.25) is 0 Å². The van der Waals surface area contributed by atoms with Crippen LogP contribution in [0.15, 0.2) is 72.9 Å². The van der Waals surface area contributed by atoms with Gasteiger partial charge in [0.2, 0.25) is 0 Å². The number of likely N-dealkylation sites (tertiary alicyclic amines) is 1. The molecule has 1 aliphatic rings. The molecule has 0 N–H and O–H groups in total. The number of piperidine rings is 1. The molecule has 1 aliphatic heterocycles. The van der Waals surface area contributed by atoms with Crippen molar-refractivity contribution >= 4 is 6.09 Å². The molecule has 2 heterocycles. The lowest BCUT2D eigenvalue weighted by molar-refractivity contribution is 0.117. The summed E-state index contributed by atoms with van der Waals surface area (Å²) in [6.07, 6.45) is 3.48. The number of hydrogen-bond acceptors (Lipinski definition) is 4. The molecule has 4 rings (SSSR count). The van der Waals surface area contributed by atoms with Gasteiger partial charge in [-0.3, -0.25) is 14.8 Å². The van der Waals surface area contributed by atoms with E-state index in [0.717, 1.165) is 49.3 Å². The molecule has 0 saturated carbocycles. The highest BCUT2D eigenvalue weighted by molar-refractivity contribution is 5.67. The van der Waals surface area contributed by atoms with Gasteiger partial charge in [-0.25, -0.2) is 9.18 Å². The van der Waals surface area contributed by atoms with Crippen LogP contribution in [-0.4, -0.2) is 41.1 Å². The van der Waals surface area contributed by atoms with Crippen LogP contribution >= 0.6 is 0 Å². The smallest absolute Gasteiger partial charge is 0.410 e. The van der Waals surface area contributed by atoms with Crippen molar-refractivity contribution in [1.82, 2.24) is 14.8 Å². The third-order valence-electron chi connectivity index (χ3n) is 6.27. The molecule has 0 bridgehead atoms. The Morgan fingerprint density at radius 2 is 1.76 bits per heavy atom. The van der Waals surface area contributed by atoms with E-state index < -0.39 is 0 Å². The Bertz CT molecular complexity index is 1030. The van der Waals surface area contributed by atoms with Crippen molar-refractivity contribution in [3.63, 3.8) is 0 Å². The number of benzene rings is 2. The fourth-order valence-electron chi connectivity index (χ4n) is 4.53. The largest absolute Gasteiger partial charge is 0.453 e. The maximum atomic E-state index is 13.2. The van der Waals surface area contributed by atoms with E-state index in [9.17, 15) is 9.18 Å². The van der Waals surface area contributed by atoms with Gasteiger partial charge in [0.05, 0.1) is 19.3 Å². The summed E-state index contributed by atoms with van der Waals surface area (Å²) in [6, 6.07) is 20.9. The Morgan fingerprint density at radius 3 is 2.45 bits per heavy atom. The van der Waals surface area contributed by atoms with E-state index in [4.69, 9.17) is 4.74 Å². The number of amides is 1. The highest BCUT2D eigenvalue weighted by atomic mass is 19.1. The predicted molar refractivity (Wildman–Crippen MR) is 126 cm³/mol. The van der Waals surface area contributed by atoms with Gasteiger partial charge in [-0.1, -0.05) is 42.5 Å². The maximum Gasteiger partial charge on any atom is 0.410 e. The van der Waals surface area contributed by atoms with Crippen LogP contribution in [0.5, 0.6) is 0 Å². The molecule has 1 fully saturated rings. The number of halogens is 1. The number of rotatable bonds is 7. The number of aromatic nitrogens is 1. The second-order valence-electron chi connectivity index (χ2n) is 8.52. The van der Waals surface area contributed by atoms with Crippen LogP contribution in [0.3, 0.4) is 0 Å². The SMILES string of the molecule is COC(=O)N(Cc1ccccn1)Cc1ccccc1C1CCN(Cc2ccc(F)cc2)CC1. The summed E-state index contributed by atoms with van der Waals surface area (Å²) in [5.41, 5.74) is 4.41. The third-order valence-corrected chi connectivity index (χ3v) is 6.27. The van der Waals surface area contributed by atoms with Gasteiger partial charge >= 0.3 is 6.09 Å². The molecule has 0 unspecified atom stereocenters. The third kappa shape index (κ3) is 6.17. The minimum atomic E-state index is -0.357. The van der Waals surface area contributed by atoms with Crippen LogP contribution in [0.25, 0.3) is 0 Å². The second kappa shape index (κ2) is 11.1. The van der Waals surface area contributed by atoms with E-state index in [-0.39, 0.29) is 11.9 Å². The molecule has 3 aromatic rings. The van der Waals surface area contributed by atoms with E-state index in [1.807, 2.05) is 36.4 Å². The van der Waals surface area contributed by atoms with E-state index in [0.29, 0.717) is 19.0 Å². The first kappa shape index (κ1) is 22.9. The molecule has 33 heavy (non-hydrogen) atoms. The van der Waals surface area contributed by atoms with Crippen LogP contribution < -0.4 is 0 Å². The standard InChI is InChI=1S/C27H30FN3O2/c1-33-27(32)31(20-25-7-4-5-15-29-25)19-23-6-2-3-8-26(23)22-13-16-30(17-14-22)18-21-9-11-24(28)12-10-21/h2-12,15,22H,13-14,16-20H2,1H3. The van der Waals surface area contributed by atoms with Gasteiger partial charge in [-0.15, -0.1) is 0 Å². The van der Waals surface area contributed by atoms with E-state index in [2.05, 4.69) is 28.1 Å². The van der Waals surface area contributed by atoms with Crippen molar-refractivity contribution in [3.05, 3.63) is 101 Å². The maximum absolute atomic E-state index is 13.2. The highest BCUT2D eigenvalue weighted by Crippen LogP contribution is 2.32. The molecule has 1 saturated heterocycles. The predicted octanol–water partition coefficient (Wildman–Crippen LogP) is 5.37. The number of carbonyl (C=O) groups is 1. The Morgan fingerprint density at radius 1 is 1.03 bits per heavy atom. The molecule has 1 aromatic heterocycles. The first-order chi connectivity index (χ1) is 16.1. The summed E-state index contributed by atoms with van der Waals surface area (Å²) in [7, 11) is 1.41. The van der Waals surface area contributed by atoms with Crippen molar-refractivity contribution in [2.24, 2.45) is 0 Å². The van der Waals surface area contributed by atoms with Crippen molar-refractivity contribution < 1.29 is 13.9 Å². The molecule has 5 nitrogen and oxygen atoms in total. The molecule has 0 spiro atoms. The van der Waals surface area contributed by atoms with Gasteiger partial charge in [-0.05, 0) is 72.8 Å². The number of pyridine rings is 1. The van der Waals surface area contributed by atoms with Gasteiger partial charge in [0.25, 0.3) is 0 Å². The Balaban J connectivity index is 1.42. The fourth-order valence-corrected chi connectivity index (χ4v) is 4.53. The summed E-state index contributed by atoms with van der Waals surface area (Å²) in [5.74, 6) is 0.248. The molecule has 0 aliphatic carbocycles. The summed E-state index contributed by atoms with van der Waals surface area (Å²) in [6.45, 7) is 3.71. The van der Waals surface area contributed by atoms with Gasteiger partial charge in [0, 0.05) is 19.3 Å². The quantitative estimate of drug-likeness (QED) is 0.489.